The van der Waals surface area contributed by atoms with Crippen LogP contribution in [0.5, 0.6) is 0 Å². The predicted octanol–water partition coefficient (Wildman–Crippen LogP) is -1.32. The Kier molecular flexibility index (Phi) is 6.73. The van der Waals surface area contributed by atoms with Crippen LogP contribution in [-0.2, 0) is 9.59 Å². The molecule has 8 nitrogen and oxygen atoms in total. The molecule has 0 aliphatic carbocycles. The minimum Gasteiger partial charge on any atom is -0.480 e. The van der Waals surface area contributed by atoms with E-state index in [9.17, 15) is 14.4 Å². The van der Waals surface area contributed by atoms with Crippen LogP contribution in [0, 0.1) is 0 Å². The standard InChI is InChI=1S/C10H19N3O5/c1-7(2)13(3-4-14)10(18)12(5-8(11)15)6-9(16)17/h7,14H,3-6H2,1-2H3,(H2,11,15)(H,16,17). The van der Waals surface area contributed by atoms with E-state index in [-0.39, 0.29) is 19.2 Å². The zero-order chi connectivity index (χ0) is 14.3. The van der Waals surface area contributed by atoms with Gasteiger partial charge in [-0.25, -0.2) is 4.79 Å². The maximum Gasteiger partial charge on any atom is 0.323 e. The first-order chi connectivity index (χ1) is 8.29. The average Bonchev–Trinajstić information content (AvgIpc) is 2.22. The number of carboxylic acids is 1. The van der Waals surface area contributed by atoms with Gasteiger partial charge in [-0.3, -0.25) is 9.59 Å². The van der Waals surface area contributed by atoms with E-state index >= 15 is 0 Å². The van der Waals surface area contributed by atoms with Crippen LogP contribution in [-0.4, -0.2) is 70.2 Å². The molecule has 4 N–H and O–H groups in total. The zero-order valence-electron chi connectivity index (χ0n) is 10.5. The topological polar surface area (TPSA) is 124 Å². The highest BCUT2D eigenvalue weighted by Gasteiger charge is 2.25. The second kappa shape index (κ2) is 7.49. The van der Waals surface area contributed by atoms with Gasteiger partial charge in [0.1, 0.15) is 13.1 Å². The summed E-state index contributed by atoms with van der Waals surface area (Å²) < 4.78 is 0. The lowest BCUT2D eigenvalue weighted by atomic mass is 10.3. The van der Waals surface area contributed by atoms with Gasteiger partial charge in [-0.15, -0.1) is 0 Å². The highest BCUT2D eigenvalue weighted by Crippen LogP contribution is 2.04. The Morgan fingerprint density at radius 1 is 1.22 bits per heavy atom. The largest absolute Gasteiger partial charge is 0.480 e. The van der Waals surface area contributed by atoms with Crippen LogP contribution in [0.1, 0.15) is 13.8 Å². The molecule has 3 amide bonds. The van der Waals surface area contributed by atoms with E-state index < -0.39 is 31.0 Å². The van der Waals surface area contributed by atoms with Gasteiger partial charge in [0.05, 0.1) is 6.61 Å². The molecule has 0 bridgehead atoms. The summed E-state index contributed by atoms with van der Waals surface area (Å²) in [4.78, 5) is 35.6. The SMILES string of the molecule is CC(C)N(CCO)C(=O)N(CC(N)=O)CC(=O)O. The van der Waals surface area contributed by atoms with Crippen molar-refractivity contribution in [2.45, 2.75) is 19.9 Å². The minimum atomic E-state index is -1.24. The van der Waals surface area contributed by atoms with Crippen molar-refractivity contribution in [1.29, 1.82) is 0 Å². The molecule has 104 valence electrons. The fraction of sp³-hybridized carbons (Fsp3) is 0.700. The molecule has 0 radical (unpaired) electrons. The normalized spacial score (nSPS) is 10.2. The van der Waals surface area contributed by atoms with Gasteiger partial charge < -0.3 is 25.7 Å². The number of nitrogens with two attached hydrogens (primary N) is 1. The van der Waals surface area contributed by atoms with Crippen LogP contribution in [0.15, 0.2) is 0 Å². The summed E-state index contributed by atoms with van der Waals surface area (Å²) in [5.74, 6) is -2.03. The Morgan fingerprint density at radius 3 is 2.11 bits per heavy atom. The molecule has 0 aromatic rings. The van der Waals surface area contributed by atoms with Crippen LogP contribution < -0.4 is 5.73 Å². The van der Waals surface area contributed by atoms with E-state index in [4.69, 9.17) is 15.9 Å². The predicted molar refractivity (Wildman–Crippen MR) is 62.7 cm³/mol. The molecule has 0 aromatic carbocycles. The molecule has 0 unspecified atom stereocenters. The third-order valence-corrected chi connectivity index (χ3v) is 2.15. The number of hydrogen-bond acceptors (Lipinski definition) is 4. The molecule has 8 heteroatoms. The summed E-state index contributed by atoms with van der Waals surface area (Å²) >= 11 is 0. The van der Waals surface area contributed by atoms with Crippen LogP contribution in [0.4, 0.5) is 4.79 Å². The first-order valence-electron chi connectivity index (χ1n) is 5.46. The number of rotatable bonds is 7. The van der Waals surface area contributed by atoms with E-state index in [0.29, 0.717) is 0 Å². The first-order valence-corrected chi connectivity index (χ1v) is 5.46. The monoisotopic (exact) mass is 261 g/mol. The van der Waals surface area contributed by atoms with E-state index in [0.717, 1.165) is 4.90 Å². The number of hydrogen-bond donors (Lipinski definition) is 3. The van der Waals surface area contributed by atoms with Crippen molar-refractivity contribution in [1.82, 2.24) is 9.80 Å². The molecule has 0 saturated carbocycles. The zero-order valence-corrected chi connectivity index (χ0v) is 10.5. The van der Waals surface area contributed by atoms with E-state index in [1.807, 2.05) is 0 Å². The van der Waals surface area contributed by atoms with Gasteiger partial charge in [0.25, 0.3) is 0 Å². The van der Waals surface area contributed by atoms with E-state index in [2.05, 4.69) is 0 Å². The lowest BCUT2D eigenvalue weighted by Crippen LogP contribution is -2.51. The second-order valence-corrected chi connectivity index (χ2v) is 4.01. The number of nitrogens with zero attached hydrogens (tertiary/aromatic N) is 2. The summed E-state index contributed by atoms with van der Waals surface area (Å²) in [6.07, 6.45) is 0. The Bertz CT molecular complexity index is 303. The van der Waals surface area contributed by atoms with Gasteiger partial charge in [-0.1, -0.05) is 0 Å². The number of carboxylic acid groups (broad SMARTS) is 1. The van der Waals surface area contributed by atoms with Gasteiger partial charge in [0.2, 0.25) is 5.91 Å². The Morgan fingerprint density at radius 2 is 1.78 bits per heavy atom. The number of carbonyl (C=O) groups excluding carboxylic acids is 2. The number of urea groups is 1. The van der Waals surface area contributed by atoms with Crippen molar-refractivity contribution in [3.05, 3.63) is 0 Å². The van der Waals surface area contributed by atoms with Gasteiger partial charge >= 0.3 is 12.0 Å². The molecule has 0 spiro atoms. The van der Waals surface area contributed by atoms with Crippen molar-refractivity contribution < 1.29 is 24.6 Å². The van der Waals surface area contributed by atoms with Gasteiger partial charge in [-0.05, 0) is 13.8 Å². The van der Waals surface area contributed by atoms with Crippen molar-refractivity contribution in [3.63, 3.8) is 0 Å². The van der Waals surface area contributed by atoms with Crippen LogP contribution in [0.2, 0.25) is 0 Å². The van der Waals surface area contributed by atoms with E-state index in [1.165, 1.54) is 4.90 Å². The summed E-state index contributed by atoms with van der Waals surface area (Å²) in [5, 5.41) is 17.5. The second-order valence-electron chi connectivity index (χ2n) is 4.01. The summed E-state index contributed by atoms with van der Waals surface area (Å²) in [5.41, 5.74) is 4.96. The smallest absolute Gasteiger partial charge is 0.323 e. The number of aliphatic hydroxyl groups excluding tert-OH is 1. The maximum atomic E-state index is 12.0. The number of aliphatic hydroxyl groups is 1. The number of amides is 3. The van der Waals surface area contributed by atoms with Crippen molar-refractivity contribution in [3.8, 4) is 0 Å². The Hall–Kier alpha value is -1.83. The third kappa shape index (κ3) is 5.48. The minimum absolute atomic E-state index is 0.0609. The number of primary amides is 1. The Labute approximate surface area is 105 Å². The number of carbonyl (C=O) groups is 3. The maximum absolute atomic E-state index is 12.0. The molecule has 0 aromatic heterocycles. The summed E-state index contributed by atoms with van der Waals surface area (Å²) in [7, 11) is 0. The molecular formula is C10H19N3O5. The molecule has 0 rings (SSSR count). The molecule has 0 aliphatic rings. The molecule has 0 fully saturated rings. The first kappa shape index (κ1) is 16.2. The average molecular weight is 261 g/mol. The fourth-order valence-electron chi connectivity index (χ4n) is 1.41. The molecule has 18 heavy (non-hydrogen) atoms. The van der Waals surface area contributed by atoms with Crippen molar-refractivity contribution >= 4 is 17.9 Å². The summed E-state index contributed by atoms with van der Waals surface area (Å²) in [6.45, 7) is 2.16. The lowest BCUT2D eigenvalue weighted by molar-refractivity contribution is -0.138. The molecule has 0 saturated heterocycles. The third-order valence-electron chi connectivity index (χ3n) is 2.15. The lowest BCUT2D eigenvalue weighted by Gasteiger charge is -2.31. The van der Waals surface area contributed by atoms with Gasteiger partial charge in [0, 0.05) is 12.6 Å². The quantitative estimate of drug-likeness (QED) is 0.524. The van der Waals surface area contributed by atoms with Crippen LogP contribution in [0.25, 0.3) is 0 Å². The van der Waals surface area contributed by atoms with Crippen LogP contribution >= 0.6 is 0 Å². The summed E-state index contributed by atoms with van der Waals surface area (Å²) in [6, 6.07) is -0.867. The van der Waals surface area contributed by atoms with Crippen molar-refractivity contribution in [2.75, 3.05) is 26.2 Å². The molecular weight excluding hydrogens is 242 g/mol. The molecule has 0 aliphatic heterocycles. The molecule has 0 atom stereocenters. The van der Waals surface area contributed by atoms with E-state index in [1.54, 1.807) is 13.8 Å². The number of aliphatic carboxylic acids is 1. The Balaban J connectivity index is 4.88. The van der Waals surface area contributed by atoms with Gasteiger partial charge in [0.15, 0.2) is 0 Å². The molecule has 0 heterocycles. The van der Waals surface area contributed by atoms with Crippen LogP contribution in [0.3, 0.4) is 0 Å². The highest BCUT2D eigenvalue weighted by atomic mass is 16.4. The van der Waals surface area contributed by atoms with Gasteiger partial charge in [-0.2, -0.15) is 0 Å². The van der Waals surface area contributed by atoms with Crippen molar-refractivity contribution in [2.24, 2.45) is 5.73 Å². The fourth-order valence-corrected chi connectivity index (χ4v) is 1.41. The highest BCUT2D eigenvalue weighted by molar-refractivity contribution is 5.86.